The van der Waals surface area contributed by atoms with E-state index in [-0.39, 0.29) is 5.28 Å². The number of hydrogen-bond acceptors (Lipinski definition) is 4. The van der Waals surface area contributed by atoms with Crippen LogP contribution in [0.1, 0.15) is 4.88 Å². The van der Waals surface area contributed by atoms with E-state index in [4.69, 9.17) is 11.6 Å². The zero-order valence-electron chi connectivity index (χ0n) is 8.55. The smallest absolute Gasteiger partial charge is 0.225 e. The van der Waals surface area contributed by atoms with Crippen LogP contribution in [0.25, 0.3) is 10.2 Å². The van der Waals surface area contributed by atoms with E-state index in [0.717, 1.165) is 20.5 Å². The topological polar surface area (TPSA) is 37.8 Å². The van der Waals surface area contributed by atoms with E-state index in [1.54, 1.807) is 11.3 Å². The van der Waals surface area contributed by atoms with Gasteiger partial charge in [-0.1, -0.05) is 22.5 Å². The summed E-state index contributed by atoms with van der Waals surface area (Å²) in [6.45, 7) is 6.40. The van der Waals surface area contributed by atoms with Crippen molar-refractivity contribution in [2.24, 2.45) is 0 Å². The zero-order valence-corrected chi connectivity index (χ0v) is 11.7. The minimum absolute atomic E-state index is 0.261. The molecule has 0 saturated heterocycles. The summed E-state index contributed by atoms with van der Waals surface area (Å²) >= 11 is 10.8. The molecule has 16 heavy (non-hydrogen) atoms. The molecule has 0 unspecified atom stereocenters. The molecule has 3 nitrogen and oxygen atoms in total. The van der Waals surface area contributed by atoms with Gasteiger partial charge in [-0.05, 0) is 24.6 Å². The van der Waals surface area contributed by atoms with Crippen LogP contribution in [0.15, 0.2) is 17.1 Å². The monoisotopic (exact) mass is 317 g/mol. The lowest BCUT2D eigenvalue weighted by Crippen LogP contribution is -2.03. The second-order valence-electron chi connectivity index (χ2n) is 3.29. The van der Waals surface area contributed by atoms with Crippen molar-refractivity contribution in [1.82, 2.24) is 9.97 Å². The summed E-state index contributed by atoms with van der Waals surface area (Å²) in [4.78, 5) is 10.4. The molecular weight excluding hydrogens is 310 g/mol. The van der Waals surface area contributed by atoms with Crippen LogP contribution in [-0.2, 0) is 0 Å². The van der Waals surface area contributed by atoms with Crippen molar-refractivity contribution in [3.05, 3.63) is 27.3 Å². The van der Waals surface area contributed by atoms with Crippen molar-refractivity contribution in [1.29, 1.82) is 0 Å². The Labute approximate surface area is 111 Å². The molecule has 0 radical (unpaired) electrons. The molecule has 0 amide bonds. The molecule has 2 rings (SSSR count). The average molecular weight is 319 g/mol. The minimum Gasteiger partial charge on any atom is -0.365 e. The summed E-state index contributed by atoms with van der Waals surface area (Å²) in [5, 5.41) is 4.43. The Hall–Kier alpha value is -0.650. The molecular formula is C10H9BrClN3S. The standard InChI is InChI=1S/C10H9BrClN3S/c1-5(11)4-13-8-7-3-6(2)16-9(7)15-10(12)14-8/h3H,1,4H2,2H3,(H,13,14,15). The van der Waals surface area contributed by atoms with Crippen molar-refractivity contribution >= 4 is 54.9 Å². The minimum atomic E-state index is 0.261. The third kappa shape index (κ3) is 2.53. The summed E-state index contributed by atoms with van der Waals surface area (Å²) in [6.07, 6.45) is 0. The van der Waals surface area contributed by atoms with Crippen LogP contribution in [0.4, 0.5) is 5.82 Å². The zero-order chi connectivity index (χ0) is 11.7. The normalized spacial score (nSPS) is 10.7. The fourth-order valence-electron chi connectivity index (χ4n) is 1.33. The van der Waals surface area contributed by atoms with Gasteiger partial charge in [-0.25, -0.2) is 9.97 Å². The van der Waals surface area contributed by atoms with Gasteiger partial charge in [-0.15, -0.1) is 11.3 Å². The third-order valence-electron chi connectivity index (χ3n) is 1.94. The van der Waals surface area contributed by atoms with Crippen LogP contribution >= 0.6 is 38.9 Å². The number of thiophene rings is 1. The predicted molar refractivity (Wildman–Crippen MR) is 73.7 cm³/mol. The summed E-state index contributed by atoms with van der Waals surface area (Å²) in [7, 11) is 0. The Morgan fingerprint density at radius 2 is 2.38 bits per heavy atom. The molecule has 0 saturated carbocycles. The van der Waals surface area contributed by atoms with Crippen molar-refractivity contribution in [2.75, 3.05) is 11.9 Å². The molecule has 84 valence electrons. The maximum atomic E-state index is 5.86. The molecule has 0 aliphatic rings. The van der Waals surface area contributed by atoms with Gasteiger partial charge in [-0.2, -0.15) is 0 Å². The molecule has 0 atom stereocenters. The van der Waals surface area contributed by atoms with E-state index in [0.29, 0.717) is 6.54 Å². The Morgan fingerprint density at radius 3 is 3.06 bits per heavy atom. The van der Waals surface area contributed by atoms with E-state index >= 15 is 0 Å². The maximum absolute atomic E-state index is 5.86. The largest absolute Gasteiger partial charge is 0.365 e. The molecule has 2 aromatic rings. The number of fused-ring (bicyclic) bond motifs is 1. The van der Waals surface area contributed by atoms with Gasteiger partial charge in [0.05, 0.1) is 5.39 Å². The molecule has 0 aromatic carbocycles. The van der Waals surface area contributed by atoms with E-state index in [1.165, 1.54) is 4.88 Å². The summed E-state index contributed by atoms with van der Waals surface area (Å²) < 4.78 is 0.863. The fraction of sp³-hybridized carbons (Fsp3) is 0.200. The highest BCUT2D eigenvalue weighted by molar-refractivity contribution is 9.11. The second-order valence-corrected chi connectivity index (χ2v) is 5.98. The van der Waals surface area contributed by atoms with Gasteiger partial charge in [0.2, 0.25) is 5.28 Å². The predicted octanol–water partition coefficient (Wildman–Crippen LogP) is 3.97. The molecule has 6 heteroatoms. The molecule has 0 spiro atoms. The molecule has 0 fully saturated rings. The number of halogens is 2. The summed E-state index contributed by atoms with van der Waals surface area (Å²) in [5.74, 6) is 0.750. The second kappa shape index (κ2) is 4.69. The quantitative estimate of drug-likeness (QED) is 0.870. The molecule has 0 aliphatic heterocycles. The first-order chi connectivity index (χ1) is 7.56. The number of aromatic nitrogens is 2. The highest BCUT2D eigenvalue weighted by Crippen LogP contribution is 2.29. The number of anilines is 1. The van der Waals surface area contributed by atoms with Crippen LogP contribution < -0.4 is 5.32 Å². The molecule has 0 aliphatic carbocycles. The Morgan fingerprint density at radius 1 is 1.62 bits per heavy atom. The highest BCUT2D eigenvalue weighted by atomic mass is 79.9. The number of nitrogens with zero attached hydrogens (tertiary/aromatic N) is 2. The Bertz CT molecular complexity index is 552. The van der Waals surface area contributed by atoms with Crippen molar-refractivity contribution in [2.45, 2.75) is 6.92 Å². The molecule has 2 aromatic heterocycles. The highest BCUT2D eigenvalue weighted by Gasteiger charge is 2.09. The first-order valence-electron chi connectivity index (χ1n) is 4.57. The number of rotatable bonds is 3. The number of hydrogen-bond donors (Lipinski definition) is 1. The van der Waals surface area contributed by atoms with E-state index in [1.807, 2.05) is 6.92 Å². The molecule has 1 N–H and O–H groups in total. The van der Waals surface area contributed by atoms with Crippen LogP contribution in [-0.4, -0.2) is 16.5 Å². The third-order valence-corrected chi connectivity index (χ3v) is 3.33. The Balaban J connectivity index is 2.45. The van der Waals surface area contributed by atoms with Crippen LogP contribution in [0, 0.1) is 6.92 Å². The lowest BCUT2D eigenvalue weighted by molar-refractivity contribution is 1.19. The van der Waals surface area contributed by atoms with Gasteiger partial charge in [0.25, 0.3) is 0 Å². The van der Waals surface area contributed by atoms with Gasteiger partial charge in [-0.3, -0.25) is 0 Å². The average Bonchev–Trinajstić information content (AvgIpc) is 2.54. The Kier molecular flexibility index (Phi) is 3.47. The first-order valence-corrected chi connectivity index (χ1v) is 6.56. The van der Waals surface area contributed by atoms with Gasteiger partial charge < -0.3 is 5.32 Å². The lowest BCUT2D eigenvalue weighted by Gasteiger charge is -2.05. The fourth-order valence-corrected chi connectivity index (χ4v) is 2.57. The van der Waals surface area contributed by atoms with Crippen molar-refractivity contribution < 1.29 is 0 Å². The van der Waals surface area contributed by atoms with E-state index < -0.39 is 0 Å². The van der Waals surface area contributed by atoms with Crippen molar-refractivity contribution in [3.8, 4) is 0 Å². The first kappa shape index (κ1) is 11.8. The van der Waals surface area contributed by atoms with E-state index in [2.05, 4.69) is 43.9 Å². The van der Waals surface area contributed by atoms with Crippen molar-refractivity contribution in [3.63, 3.8) is 0 Å². The molecule has 2 heterocycles. The van der Waals surface area contributed by atoms with Gasteiger partial charge in [0.1, 0.15) is 10.6 Å². The van der Waals surface area contributed by atoms with Crippen LogP contribution in [0.3, 0.4) is 0 Å². The summed E-state index contributed by atoms with van der Waals surface area (Å²) in [5.41, 5.74) is 0. The van der Waals surface area contributed by atoms with Crippen LogP contribution in [0.2, 0.25) is 5.28 Å². The summed E-state index contributed by atoms with van der Waals surface area (Å²) in [6, 6.07) is 2.05. The van der Waals surface area contributed by atoms with E-state index in [9.17, 15) is 0 Å². The maximum Gasteiger partial charge on any atom is 0.225 e. The number of nitrogens with one attached hydrogen (secondary N) is 1. The van der Waals surface area contributed by atoms with Gasteiger partial charge in [0, 0.05) is 15.9 Å². The molecule has 0 bridgehead atoms. The SMILES string of the molecule is C=C(Br)CNc1nc(Cl)nc2sc(C)cc12. The van der Waals surface area contributed by atoms with Crippen LogP contribution in [0.5, 0.6) is 0 Å². The van der Waals surface area contributed by atoms with Gasteiger partial charge >= 0.3 is 0 Å². The van der Waals surface area contributed by atoms with Gasteiger partial charge in [0.15, 0.2) is 0 Å². The number of aryl methyl sites for hydroxylation is 1. The lowest BCUT2D eigenvalue weighted by atomic mass is 10.3.